The predicted octanol–water partition coefficient (Wildman–Crippen LogP) is 1.73. The SMILES string of the molecule is CC(=O)N1CCOC(C)(C(=O)NCc2c(F)cccc2Cl)C1. The van der Waals surface area contributed by atoms with Crippen LogP contribution in [0.1, 0.15) is 19.4 Å². The van der Waals surface area contributed by atoms with Crippen LogP contribution in [0.4, 0.5) is 4.39 Å². The first-order valence-electron chi connectivity index (χ1n) is 6.94. The molecule has 120 valence electrons. The Balaban J connectivity index is 2.04. The van der Waals surface area contributed by atoms with Crippen molar-refractivity contribution in [3.05, 3.63) is 34.6 Å². The van der Waals surface area contributed by atoms with Crippen molar-refractivity contribution in [1.29, 1.82) is 0 Å². The Morgan fingerprint density at radius 1 is 1.50 bits per heavy atom. The van der Waals surface area contributed by atoms with Gasteiger partial charge in [-0.3, -0.25) is 9.59 Å². The fourth-order valence-corrected chi connectivity index (χ4v) is 2.56. The summed E-state index contributed by atoms with van der Waals surface area (Å²) in [4.78, 5) is 25.3. The zero-order valence-electron chi connectivity index (χ0n) is 12.5. The fourth-order valence-electron chi connectivity index (χ4n) is 2.33. The molecule has 0 aliphatic carbocycles. The highest BCUT2D eigenvalue weighted by Gasteiger charge is 2.40. The van der Waals surface area contributed by atoms with E-state index in [0.717, 1.165) is 0 Å². The molecule has 7 heteroatoms. The Labute approximate surface area is 133 Å². The van der Waals surface area contributed by atoms with Crippen LogP contribution in [0.15, 0.2) is 18.2 Å². The first kappa shape index (κ1) is 16.7. The van der Waals surface area contributed by atoms with Crippen molar-refractivity contribution in [3.63, 3.8) is 0 Å². The van der Waals surface area contributed by atoms with Gasteiger partial charge >= 0.3 is 0 Å². The minimum atomic E-state index is -1.15. The van der Waals surface area contributed by atoms with Gasteiger partial charge in [-0.15, -0.1) is 0 Å². The van der Waals surface area contributed by atoms with E-state index in [1.54, 1.807) is 17.9 Å². The Bertz CT molecular complexity index is 576. The van der Waals surface area contributed by atoms with E-state index in [9.17, 15) is 14.0 Å². The number of morpholine rings is 1. The summed E-state index contributed by atoms with van der Waals surface area (Å²) < 4.78 is 19.2. The zero-order chi connectivity index (χ0) is 16.3. The van der Waals surface area contributed by atoms with E-state index in [-0.39, 0.29) is 36.2 Å². The fraction of sp³-hybridized carbons (Fsp3) is 0.467. The summed E-state index contributed by atoms with van der Waals surface area (Å²) in [5.74, 6) is -0.995. The third-order valence-electron chi connectivity index (χ3n) is 3.69. The third kappa shape index (κ3) is 3.56. The summed E-state index contributed by atoms with van der Waals surface area (Å²) in [6.07, 6.45) is 0. The summed E-state index contributed by atoms with van der Waals surface area (Å²) in [6.45, 7) is 3.92. The molecule has 5 nitrogen and oxygen atoms in total. The normalized spacial score (nSPS) is 21.5. The van der Waals surface area contributed by atoms with Gasteiger partial charge < -0.3 is 15.0 Å². The number of carbonyl (C=O) groups excluding carboxylic acids is 2. The monoisotopic (exact) mass is 328 g/mol. The molecule has 1 saturated heterocycles. The van der Waals surface area contributed by atoms with Gasteiger partial charge in [-0.05, 0) is 19.1 Å². The summed E-state index contributed by atoms with van der Waals surface area (Å²) in [5.41, 5.74) is -0.929. The maximum atomic E-state index is 13.7. The molecule has 1 unspecified atom stereocenters. The van der Waals surface area contributed by atoms with Crippen LogP contribution in [0.25, 0.3) is 0 Å². The van der Waals surface area contributed by atoms with E-state index in [2.05, 4.69) is 5.32 Å². The summed E-state index contributed by atoms with van der Waals surface area (Å²) in [7, 11) is 0. The number of ether oxygens (including phenoxy) is 1. The minimum Gasteiger partial charge on any atom is -0.362 e. The molecule has 0 saturated carbocycles. The van der Waals surface area contributed by atoms with Gasteiger partial charge in [0.2, 0.25) is 5.91 Å². The number of hydrogen-bond donors (Lipinski definition) is 1. The van der Waals surface area contributed by atoms with Crippen LogP contribution < -0.4 is 5.32 Å². The molecule has 1 heterocycles. The highest BCUT2D eigenvalue weighted by Crippen LogP contribution is 2.21. The van der Waals surface area contributed by atoms with Gasteiger partial charge in [-0.25, -0.2) is 4.39 Å². The number of rotatable bonds is 3. The smallest absolute Gasteiger partial charge is 0.254 e. The van der Waals surface area contributed by atoms with Crippen molar-refractivity contribution in [1.82, 2.24) is 10.2 Å². The first-order valence-corrected chi connectivity index (χ1v) is 7.32. The number of nitrogens with one attached hydrogen (secondary N) is 1. The second-order valence-corrected chi connectivity index (χ2v) is 5.81. The summed E-state index contributed by atoms with van der Waals surface area (Å²) in [5, 5.41) is 2.87. The van der Waals surface area contributed by atoms with Gasteiger partial charge in [0.1, 0.15) is 5.82 Å². The van der Waals surface area contributed by atoms with E-state index in [1.165, 1.54) is 19.1 Å². The molecule has 0 spiro atoms. The predicted molar refractivity (Wildman–Crippen MR) is 79.9 cm³/mol. The van der Waals surface area contributed by atoms with E-state index in [0.29, 0.717) is 6.54 Å². The van der Waals surface area contributed by atoms with Gasteiger partial charge in [-0.1, -0.05) is 17.7 Å². The second kappa shape index (κ2) is 6.62. The Morgan fingerprint density at radius 3 is 2.86 bits per heavy atom. The summed E-state index contributed by atoms with van der Waals surface area (Å²) >= 11 is 5.92. The lowest BCUT2D eigenvalue weighted by molar-refractivity contribution is -0.162. The Kier molecular flexibility index (Phi) is 5.03. The van der Waals surface area contributed by atoms with E-state index >= 15 is 0 Å². The average Bonchev–Trinajstić information content (AvgIpc) is 2.46. The number of benzene rings is 1. The minimum absolute atomic E-state index is 0.0383. The molecule has 1 N–H and O–H groups in total. The molecule has 2 rings (SSSR count). The Morgan fingerprint density at radius 2 is 2.23 bits per heavy atom. The molecule has 1 aromatic rings. The molecule has 2 amide bonds. The van der Waals surface area contributed by atoms with Crippen molar-refractivity contribution in [2.75, 3.05) is 19.7 Å². The molecule has 0 aromatic heterocycles. The van der Waals surface area contributed by atoms with E-state index < -0.39 is 17.3 Å². The van der Waals surface area contributed by atoms with Gasteiger partial charge in [-0.2, -0.15) is 0 Å². The topological polar surface area (TPSA) is 58.6 Å². The molecule has 1 aromatic carbocycles. The van der Waals surface area contributed by atoms with Gasteiger partial charge in [0, 0.05) is 30.6 Å². The maximum absolute atomic E-state index is 13.7. The lowest BCUT2D eigenvalue weighted by Gasteiger charge is -2.38. The molecular weight excluding hydrogens is 311 g/mol. The third-order valence-corrected chi connectivity index (χ3v) is 4.04. The largest absolute Gasteiger partial charge is 0.362 e. The van der Waals surface area contributed by atoms with Crippen LogP contribution in [0.3, 0.4) is 0 Å². The number of carbonyl (C=O) groups is 2. The molecule has 1 aliphatic rings. The van der Waals surface area contributed by atoms with Crippen LogP contribution in [0, 0.1) is 5.82 Å². The molecule has 1 fully saturated rings. The summed E-state index contributed by atoms with van der Waals surface area (Å²) in [6, 6.07) is 4.34. The second-order valence-electron chi connectivity index (χ2n) is 5.40. The zero-order valence-corrected chi connectivity index (χ0v) is 13.2. The first-order chi connectivity index (χ1) is 10.3. The number of amides is 2. The van der Waals surface area contributed by atoms with E-state index in [4.69, 9.17) is 16.3 Å². The lowest BCUT2D eigenvalue weighted by atomic mass is 10.0. The highest BCUT2D eigenvalue weighted by molar-refractivity contribution is 6.31. The molecule has 22 heavy (non-hydrogen) atoms. The van der Waals surface area contributed by atoms with Crippen LogP contribution in [0.5, 0.6) is 0 Å². The van der Waals surface area contributed by atoms with Gasteiger partial charge in [0.05, 0.1) is 13.2 Å². The standard InChI is InChI=1S/C15H18ClFN2O3/c1-10(20)19-6-7-22-15(2,9-19)14(21)18-8-11-12(16)4-3-5-13(11)17/h3-5H,6-9H2,1-2H3,(H,18,21). The van der Waals surface area contributed by atoms with Crippen LogP contribution in [-0.4, -0.2) is 42.0 Å². The van der Waals surface area contributed by atoms with Crippen molar-refractivity contribution in [2.45, 2.75) is 26.0 Å². The number of halogens is 2. The molecule has 0 radical (unpaired) electrons. The van der Waals surface area contributed by atoms with Crippen molar-refractivity contribution >= 4 is 23.4 Å². The number of hydrogen-bond acceptors (Lipinski definition) is 3. The van der Waals surface area contributed by atoms with Crippen LogP contribution in [0.2, 0.25) is 5.02 Å². The average molecular weight is 329 g/mol. The highest BCUT2D eigenvalue weighted by atomic mass is 35.5. The van der Waals surface area contributed by atoms with E-state index in [1.807, 2.05) is 0 Å². The van der Waals surface area contributed by atoms with Crippen molar-refractivity contribution in [3.8, 4) is 0 Å². The van der Waals surface area contributed by atoms with Crippen LogP contribution >= 0.6 is 11.6 Å². The molecule has 1 atom stereocenters. The van der Waals surface area contributed by atoms with Gasteiger partial charge in [0.25, 0.3) is 5.91 Å². The quantitative estimate of drug-likeness (QED) is 0.919. The molecular formula is C15H18ClFN2O3. The van der Waals surface area contributed by atoms with Crippen LogP contribution in [-0.2, 0) is 20.9 Å². The lowest BCUT2D eigenvalue weighted by Crippen LogP contribution is -2.58. The molecule has 0 bridgehead atoms. The number of nitrogens with zero attached hydrogens (tertiary/aromatic N) is 1. The van der Waals surface area contributed by atoms with Gasteiger partial charge in [0.15, 0.2) is 5.60 Å². The Hall–Kier alpha value is -1.66. The molecule has 1 aliphatic heterocycles. The maximum Gasteiger partial charge on any atom is 0.254 e. The van der Waals surface area contributed by atoms with Crippen molar-refractivity contribution in [2.24, 2.45) is 0 Å². The van der Waals surface area contributed by atoms with Crippen molar-refractivity contribution < 1.29 is 18.7 Å².